The van der Waals surface area contributed by atoms with Gasteiger partial charge in [-0.3, -0.25) is 10.1 Å². The van der Waals surface area contributed by atoms with E-state index >= 15 is 0 Å². The highest BCUT2D eigenvalue weighted by Gasteiger charge is 2.30. The Labute approximate surface area is 236 Å². The first-order chi connectivity index (χ1) is 19.2. The Bertz CT molecular complexity index is 1600. The van der Waals surface area contributed by atoms with Crippen LogP contribution in [0.1, 0.15) is 10.4 Å². The Balaban J connectivity index is 1.20. The third-order valence-electron chi connectivity index (χ3n) is 6.61. The second-order valence-electron chi connectivity index (χ2n) is 8.99. The molecule has 5 rings (SSSR count). The fourth-order valence-corrected chi connectivity index (χ4v) is 5.07. The lowest BCUT2D eigenvalue weighted by molar-refractivity contribution is 0.0979. The predicted octanol–water partition coefficient (Wildman–Crippen LogP) is 6.64. The maximum Gasteiger partial charge on any atom is 0.258 e. The Kier molecular flexibility index (Phi) is 7.77. The number of amides is 1. The summed E-state index contributed by atoms with van der Waals surface area (Å²) in [4.78, 5) is 15.9. The van der Waals surface area contributed by atoms with Gasteiger partial charge in [-0.2, -0.15) is 0 Å². The Hall–Kier alpha value is -3.96. The lowest BCUT2D eigenvalue weighted by Gasteiger charge is -2.37. The number of hydrogen-bond donors (Lipinski definition) is 2. The molecule has 1 heterocycles. The van der Waals surface area contributed by atoms with Crippen LogP contribution in [0.5, 0.6) is 0 Å². The molecule has 4 aromatic rings. The Morgan fingerprint density at radius 3 is 1.93 bits per heavy atom. The Morgan fingerprint density at radius 2 is 1.27 bits per heavy atom. The summed E-state index contributed by atoms with van der Waals surface area (Å²) in [5.41, 5.74) is 0.891. The summed E-state index contributed by atoms with van der Waals surface area (Å²) in [6.07, 6.45) is 0. The molecule has 1 saturated heterocycles. The minimum atomic E-state index is -2.18. The minimum absolute atomic E-state index is 0.0495. The number of benzene rings is 4. The second kappa shape index (κ2) is 11.3. The van der Waals surface area contributed by atoms with Crippen molar-refractivity contribution in [3.05, 3.63) is 100 Å². The number of anilines is 3. The van der Waals surface area contributed by atoms with E-state index in [1.807, 2.05) is 11.0 Å². The zero-order chi connectivity index (χ0) is 28.6. The van der Waals surface area contributed by atoms with Crippen LogP contribution in [0, 0.1) is 29.1 Å². The molecule has 0 unspecified atom stereocenters. The van der Waals surface area contributed by atoms with E-state index in [-0.39, 0.29) is 31.3 Å². The summed E-state index contributed by atoms with van der Waals surface area (Å²) in [5, 5.41) is 7.68. The molecule has 0 aromatic heterocycles. The number of rotatable bonds is 4. The molecule has 0 bridgehead atoms. The summed E-state index contributed by atoms with van der Waals surface area (Å²) in [5.74, 6) is -10.2. The summed E-state index contributed by atoms with van der Waals surface area (Å²) < 4.78 is 69.0. The molecule has 12 heteroatoms. The zero-order valence-corrected chi connectivity index (χ0v) is 22.2. The van der Waals surface area contributed by atoms with Gasteiger partial charge in [-0.1, -0.05) is 35.9 Å². The summed E-state index contributed by atoms with van der Waals surface area (Å²) in [6, 6.07) is 17.6. The molecular weight excluding hydrogens is 571 g/mol. The van der Waals surface area contributed by atoms with Gasteiger partial charge in [0.1, 0.15) is 5.69 Å². The van der Waals surface area contributed by atoms with Crippen LogP contribution in [0.2, 0.25) is 5.02 Å². The number of fused-ring (bicyclic) bond motifs is 1. The molecule has 5 nitrogen and oxygen atoms in total. The SMILES string of the molecule is O=C(NC(=S)Nc1ccc(N2CCN(c3c(F)c(F)c(F)c(F)c3F)CC2)cc1)c1cccc2c(Cl)cccc12. The number of carbonyl (C=O) groups excluding carboxylic acids is 1. The van der Waals surface area contributed by atoms with Crippen LogP contribution in [-0.4, -0.2) is 37.2 Å². The van der Waals surface area contributed by atoms with Crippen molar-refractivity contribution in [2.24, 2.45) is 0 Å². The summed E-state index contributed by atoms with van der Waals surface area (Å²) >= 11 is 11.5. The second-order valence-corrected chi connectivity index (χ2v) is 9.80. The van der Waals surface area contributed by atoms with Crippen molar-refractivity contribution in [3.63, 3.8) is 0 Å². The summed E-state index contributed by atoms with van der Waals surface area (Å²) in [6.45, 7) is 0.674. The summed E-state index contributed by atoms with van der Waals surface area (Å²) in [7, 11) is 0. The highest BCUT2D eigenvalue weighted by molar-refractivity contribution is 7.80. The zero-order valence-electron chi connectivity index (χ0n) is 20.6. The van der Waals surface area contributed by atoms with Crippen LogP contribution in [0.15, 0.2) is 60.7 Å². The van der Waals surface area contributed by atoms with Crippen molar-refractivity contribution in [2.45, 2.75) is 0 Å². The lowest BCUT2D eigenvalue weighted by atomic mass is 10.0. The standard InChI is InChI=1S/C28H20ClF5N4OS/c29-20-6-2-3-17-18(20)4-1-5-19(17)27(39)36-28(40)35-15-7-9-16(10-8-15)37-11-13-38(14-12-37)26-24(33)22(31)21(30)23(32)25(26)34/h1-10H,11-14H2,(H2,35,36,39,40). The molecule has 2 N–H and O–H groups in total. The van der Waals surface area contributed by atoms with Crippen molar-refractivity contribution < 1.29 is 26.7 Å². The molecule has 0 aliphatic carbocycles. The van der Waals surface area contributed by atoms with E-state index in [4.69, 9.17) is 23.8 Å². The monoisotopic (exact) mass is 590 g/mol. The maximum atomic E-state index is 14.2. The fourth-order valence-electron chi connectivity index (χ4n) is 4.62. The van der Waals surface area contributed by atoms with Crippen LogP contribution in [0.25, 0.3) is 10.8 Å². The van der Waals surface area contributed by atoms with E-state index in [9.17, 15) is 26.7 Å². The maximum absolute atomic E-state index is 14.2. The third-order valence-corrected chi connectivity index (χ3v) is 7.15. The third kappa shape index (κ3) is 5.26. The number of thiocarbonyl (C=S) groups is 1. The quantitative estimate of drug-likeness (QED) is 0.121. The largest absolute Gasteiger partial charge is 0.368 e. The smallest absolute Gasteiger partial charge is 0.258 e. The van der Waals surface area contributed by atoms with Gasteiger partial charge in [0.2, 0.25) is 5.82 Å². The van der Waals surface area contributed by atoms with Crippen LogP contribution >= 0.6 is 23.8 Å². The normalized spacial score (nSPS) is 13.4. The molecule has 0 spiro atoms. The fraction of sp³-hybridized carbons (Fsp3) is 0.143. The number of nitrogens with one attached hydrogen (secondary N) is 2. The molecule has 4 aromatic carbocycles. The number of piperazine rings is 1. The van der Waals surface area contributed by atoms with Crippen molar-refractivity contribution in [1.29, 1.82) is 0 Å². The van der Waals surface area contributed by atoms with Crippen molar-refractivity contribution >= 4 is 62.7 Å². The van der Waals surface area contributed by atoms with Gasteiger partial charge in [0, 0.05) is 53.5 Å². The highest BCUT2D eigenvalue weighted by Crippen LogP contribution is 2.32. The van der Waals surface area contributed by atoms with Gasteiger partial charge in [0.05, 0.1) is 0 Å². The van der Waals surface area contributed by atoms with Gasteiger partial charge in [-0.25, -0.2) is 22.0 Å². The number of halogens is 6. The van der Waals surface area contributed by atoms with Gasteiger partial charge in [-0.15, -0.1) is 0 Å². The van der Waals surface area contributed by atoms with Crippen molar-refractivity contribution in [2.75, 3.05) is 41.3 Å². The lowest BCUT2D eigenvalue weighted by Crippen LogP contribution is -2.47. The van der Waals surface area contributed by atoms with E-state index in [0.29, 0.717) is 21.7 Å². The Morgan fingerprint density at radius 1 is 0.725 bits per heavy atom. The van der Waals surface area contributed by atoms with Crippen LogP contribution in [0.3, 0.4) is 0 Å². The first-order valence-electron chi connectivity index (χ1n) is 12.1. The van der Waals surface area contributed by atoms with Crippen molar-refractivity contribution in [1.82, 2.24) is 5.32 Å². The predicted molar refractivity (Wildman–Crippen MR) is 150 cm³/mol. The molecule has 0 saturated carbocycles. The van der Waals surface area contributed by atoms with Gasteiger partial charge in [-0.05, 0) is 54.0 Å². The minimum Gasteiger partial charge on any atom is -0.368 e. The number of hydrogen-bond acceptors (Lipinski definition) is 4. The first-order valence-corrected chi connectivity index (χ1v) is 12.8. The first kappa shape index (κ1) is 27.6. The average molecular weight is 591 g/mol. The van der Waals surface area contributed by atoms with Crippen LogP contribution in [0.4, 0.5) is 39.0 Å². The average Bonchev–Trinajstić information content (AvgIpc) is 2.96. The van der Waals surface area contributed by atoms with Gasteiger partial charge < -0.3 is 15.1 Å². The molecule has 1 aliphatic heterocycles. The van der Waals surface area contributed by atoms with Gasteiger partial charge in [0.25, 0.3) is 5.91 Å². The number of nitrogens with zero attached hydrogens (tertiary/aromatic N) is 2. The molecule has 1 amide bonds. The van der Waals surface area contributed by atoms with Crippen molar-refractivity contribution in [3.8, 4) is 0 Å². The molecule has 40 heavy (non-hydrogen) atoms. The molecule has 0 radical (unpaired) electrons. The van der Waals surface area contributed by atoms with E-state index in [1.165, 1.54) is 0 Å². The van der Waals surface area contributed by atoms with E-state index in [2.05, 4.69) is 10.6 Å². The molecule has 1 aliphatic rings. The van der Waals surface area contributed by atoms with E-state index in [0.717, 1.165) is 16.0 Å². The van der Waals surface area contributed by atoms with Gasteiger partial charge in [0.15, 0.2) is 28.4 Å². The van der Waals surface area contributed by atoms with Gasteiger partial charge >= 0.3 is 0 Å². The van der Waals surface area contributed by atoms with E-state index in [1.54, 1.807) is 54.6 Å². The number of carbonyl (C=O) groups is 1. The molecule has 1 fully saturated rings. The molecule has 206 valence electrons. The van der Waals surface area contributed by atoms with Crippen LogP contribution < -0.4 is 20.4 Å². The molecular formula is C28H20ClF5N4OS. The topological polar surface area (TPSA) is 47.6 Å². The highest BCUT2D eigenvalue weighted by atomic mass is 35.5. The van der Waals surface area contributed by atoms with E-state index < -0.39 is 40.7 Å². The molecule has 0 atom stereocenters. The van der Waals surface area contributed by atoms with Crippen LogP contribution in [-0.2, 0) is 0 Å².